The normalized spacial score (nSPS) is 24.6. The zero-order valence-corrected chi connectivity index (χ0v) is 11.6. The number of aliphatic hydroxyl groups excluding tert-OH is 1. The number of ether oxygens (including phenoxy) is 1. The summed E-state index contributed by atoms with van der Waals surface area (Å²) in [6.45, 7) is 10.8. The molecule has 0 atom stereocenters. The number of likely N-dealkylation sites (tertiary alicyclic amines) is 1. The molecule has 1 heterocycles. The Morgan fingerprint density at radius 1 is 1.29 bits per heavy atom. The summed E-state index contributed by atoms with van der Waals surface area (Å²) in [6.07, 6.45) is 1.09. The highest BCUT2D eigenvalue weighted by Crippen LogP contribution is 2.38. The largest absolute Gasteiger partial charge is 0.465 e. The highest BCUT2D eigenvalue weighted by Gasteiger charge is 2.45. The monoisotopic (exact) mass is 243 g/mol. The molecule has 1 aliphatic rings. The highest BCUT2D eigenvalue weighted by atomic mass is 16.5. The SMILES string of the molecule is CCOC(=O)CN1C(C)(C)CC(O)CC1(C)C. The number of nitrogens with zero attached hydrogens (tertiary/aromatic N) is 1. The lowest BCUT2D eigenvalue weighted by Crippen LogP contribution is -2.63. The topological polar surface area (TPSA) is 49.8 Å². The zero-order valence-electron chi connectivity index (χ0n) is 11.6. The first-order valence-electron chi connectivity index (χ1n) is 6.30. The summed E-state index contributed by atoms with van der Waals surface area (Å²) in [5.41, 5.74) is -0.373. The van der Waals surface area contributed by atoms with Crippen molar-refractivity contribution in [1.82, 2.24) is 4.90 Å². The van der Waals surface area contributed by atoms with Gasteiger partial charge in [-0.05, 0) is 47.5 Å². The molecule has 1 saturated heterocycles. The number of carbonyl (C=O) groups is 1. The van der Waals surface area contributed by atoms with E-state index in [1.54, 1.807) is 0 Å². The van der Waals surface area contributed by atoms with Crippen LogP contribution in [0.4, 0.5) is 0 Å². The second kappa shape index (κ2) is 4.94. The minimum atomic E-state index is -0.293. The van der Waals surface area contributed by atoms with E-state index in [9.17, 15) is 9.90 Å². The summed E-state index contributed by atoms with van der Waals surface area (Å²) in [7, 11) is 0. The Hall–Kier alpha value is -0.610. The number of hydrogen-bond donors (Lipinski definition) is 1. The number of rotatable bonds is 3. The van der Waals surface area contributed by atoms with Crippen molar-refractivity contribution in [2.45, 2.75) is 64.6 Å². The van der Waals surface area contributed by atoms with E-state index < -0.39 is 0 Å². The van der Waals surface area contributed by atoms with Crippen molar-refractivity contribution in [1.29, 1.82) is 0 Å². The molecule has 1 N–H and O–H groups in total. The van der Waals surface area contributed by atoms with Crippen molar-refractivity contribution in [3.8, 4) is 0 Å². The smallest absolute Gasteiger partial charge is 0.320 e. The molecular formula is C13H25NO3. The van der Waals surface area contributed by atoms with Crippen molar-refractivity contribution in [3.05, 3.63) is 0 Å². The molecule has 4 heteroatoms. The van der Waals surface area contributed by atoms with Crippen molar-refractivity contribution in [2.24, 2.45) is 0 Å². The van der Waals surface area contributed by atoms with Gasteiger partial charge < -0.3 is 9.84 Å². The van der Waals surface area contributed by atoms with E-state index in [1.807, 2.05) is 6.92 Å². The van der Waals surface area contributed by atoms with Crippen LogP contribution in [0.2, 0.25) is 0 Å². The molecule has 0 aromatic rings. The number of piperidine rings is 1. The van der Waals surface area contributed by atoms with Gasteiger partial charge in [0.15, 0.2) is 0 Å². The molecule has 100 valence electrons. The maximum absolute atomic E-state index is 11.6. The van der Waals surface area contributed by atoms with E-state index in [-0.39, 0.29) is 23.2 Å². The summed E-state index contributed by atoms with van der Waals surface area (Å²) in [5, 5.41) is 9.89. The van der Waals surface area contributed by atoms with Crippen LogP contribution in [0, 0.1) is 0 Å². The van der Waals surface area contributed by atoms with Crippen LogP contribution in [0.3, 0.4) is 0 Å². The molecule has 0 aromatic heterocycles. The average molecular weight is 243 g/mol. The van der Waals surface area contributed by atoms with E-state index in [4.69, 9.17) is 4.74 Å². The van der Waals surface area contributed by atoms with Crippen molar-refractivity contribution >= 4 is 5.97 Å². The summed E-state index contributed by atoms with van der Waals surface area (Å²) < 4.78 is 5.02. The van der Waals surface area contributed by atoms with Gasteiger partial charge in [-0.2, -0.15) is 0 Å². The first kappa shape index (κ1) is 14.5. The Morgan fingerprint density at radius 2 is 1.76 bits per heavy atom. The summed E-state index contributed by atoms with van der Waals surface area (Å²) in [5.74, 6) is -0.190. The molecule has 0 spiro atoms. The molecule has 0 amide bonds. The van der Waals surface area contributed by atoms with Gasteiger partial charge in [0.1, 0.15) is 0 Å². The maximum atomic E-state index is 11.6. The fraction of sp³-hybridized carbons (Fsp3) is 0.923. The fourth-order valence-corrected chi connectivity index (χ4v) is 3.03. The van der Waals surface area contributed by atoms with Gasteiger partial charge in [0, 0.05) is 11.1 Å². The van der Waals surface area contributed by atoms with Gasteiger partial charge in [-0.25, -0.2) is 0 Å². The van der Waals surface area contributed by atoms with Crippen molar-refractivity contribution in [3.63, 3.8) is 0 Å². The Morgan fingerprint density at radius 3 is 2.18 bits per heavy atom. The first-order valence-corrected chi connectivity index (χ1v) is 6.30. The van der Waals surface area contributed by atoms with E-state index in [2.05, 4.69) is 32.6 Å². The van der Waals surface area contributed by atoms with Gasteiger partial charge in [-0.3, -0.25) is 9.69 Å². The summed E-state index contributed by atoms with van der Waals surface area (Å²) in [6, 6.07) is 0. The first-order chi connectivity index (χ1) is 7.69. The number of hydrogen-bond acceptors (Lipinski definition) is 4. The minimum Gasteiger partial charge on any atom is -0.465 e. The van der Waals surface area contributed by atoms with E-state index in [1.165, 1.54) is 0 Å². The van der Waals surface area contributed by atoms with E-state index in [0.717, 1.165) is 0 Å². The summed E-state index contributed by atoms with van der Waals surface area (Å²) >= 11 is 0. The second-order valence-corrected chi connectivity index (χ2v) is 6.08. The van der Waals surface area contributed by atoms with E-state index in [0.29, 0.717) is 26.0 Å². The number of aliphatic hydroxyl groups is 1. The van der Waals surface area contributed by atoms with Crippen LogP contribution in [0.15, 0.2) is 0 Å². The van der Waals surface area contributed by atoms with Gasteiger partial charge in [-0.1, -0.05) is 0 Å². The molecule has 0 bridgehead atoms. The molecule has 0 aromatic carbocycles. The molecular weight excluding hydrogens is 218 g/mol. The van der Waals surface area contributed by atoms with Crippen LogP contribution in [0.1, 0.15) is 47.5 Å². The average Bonchev–Trinajstić information content (AvgIpc) is 2.10. The van der Waals surface area contributed by atoms with Crippen LogP contribution < -0.4 is 0 Å². The Balaban J connectivity index is 2.81. The molecule has 1 fully saturated rings. The van der Waals surface area contributed by atoms with Crippen LogP contribution in [-0.4, -0.2) is 46.3 Å². The minimum absolute atomic E-state index is 0.187. The molecule has 1 aliphatic heterocycles. The van der Waals surface area contributed by atoms with Crippen LogP contribution in [0.25, 0.3) is 0 Å². The third-order valence-electron chi connectivity index (χ3n) is 3.52. The van der Waals surface area contributed by atoms with Crippen LogP contribution >= 0.6 is 0 Å². The van der Waals surface area contributed by atoms with Gasteiger partial charge in [0.25, 0.3) is 0 Å². The Bertz CT molecular complexity index is 268. The Kier molecular flexibility index (Phi) is 4.20. The predicted molar refractivity (Wildman–Crippen MR) is 66.7 cm³/mol. The molecule has 1 rings (SSSR count). The quantitative estimate of drug-likeness (QED) is 0.764. The number of carbonyl (C=O) groups excluding carboxylic acids is 1. The fourth-order valence-electron chi connectivity index (χ4n) is 3.03. The van der Waals surface area contributed by atoms with Crippen molar-refractivity contribution < 1.29 is 14.6 Å². The standard InChI is InChI=1S/C13H25NO3/c1-6-17-11(16)9-14-12(2,3)7-10(15)8-13(14,4)5/h10,15H,6-9H2,1-5H3. The molecule has 17 heavy (non-hydrogen) atoms. The third kappa shape index (κ3) is 3.42. The van der Waals surface area contributed by atoms with Crippen molar-refractivity contribution in [2.75, 3.05) is 13.2 Å². The molecule has 4 nitrogen and oxygen atoms in total. The second-order valence-electron chi connectivity index (χ2n) is 6.08. The van der Waals surface area contributed by atoms with Crippen LogP contribution in [0.5, 0.6) is 0 Å². The molecule has 0 aliphatic carbocycles. The molecule has 0 radical (unpaired) electrons. The van der Waals surface area contributed by atoms with Gasteiger partial charge in [0.05, 0.1) is 19.3 Å². The van der Waals surface area contributed by atoms with Gasteiger partial charge in [0.2, 0.25) is 0 Å². The van der Waals surface area contributed by atoms with Gasteiger partial charge in [-0.15, -0.1) is 0 Å². The lowest BCUT2D eigenvalue weighted by molar-refractivity contribution is -0.153. The summed E-state index contributed by atoms with van der Waals surface area (Å²) in [4.78, 5) is 13.8. The molecule has 0 saturated carbocycles. The maximum Gasteiger partial charge on any atom is 0.320 e. The predicted octanol–water partition coefficient (Wildman–Crippen LogP) is 1.56. The van der Waals surface area contributed by atoms with Gasteiger partial charge >= 0.3 is 5.97 Å². The van der Waals surface area contributed by atoms with E-state index >= 15 is 0 Å². The zero-order chi connectivity index (χ0) is 13.3. The van der Waals surface area contributed by atoms with Crippen LogP contribution in [-0.2, 0) is 9.53 Å². The highest BCUT2D eigenvalue weighted by molar-refractivity contribution is 5.71. The lowest BCUT2D eigenvalue weighted by atomic mass is 9.78. The third-order valence-corrected chi connectivity index (χ3v) is 3.52. The number of esters is 1. The Labute approximate surface area is 104 Å². The molecule has 0 unspecified atom stereocenters. The lowest BCUT2D eigenvalue weighted by Gasteiger charge is -2.53.